The van der Waals surface area contributed by atoms with Crippen molar-refractivity contribution in [3.63, 3.8) is 0 Å². The number of nitro groups is 1. The van der Waals surface area contributed by atoms with Gasteiger partial charge in [-0.15, -0.1) is 0 Å². The van der Waals surface area contributed by atoms with E-state index in [1.54, 1.807) is 12.3 Å². The number of nitrogens with zero attached hydrogens (tertiary/aromatic N) is 3. The second kappa shape index (κ2) is 7.61. The Bertz CT molecular complexity index is 1210. The highest BCUT2D eigenvalue weighted by molar-refractivity contribution is 5.92. The number of hydrogen-bond donors (Lipinski definition) is 1. The Morgan fingerprint density at radius 1 is 1.00 bits per heavy atom. The number of aromatic nitrogens is 1. The maximum Gasteiger partial charge on any atom is 0.270 e. The fourth-order valence-electron chi connectivity index (χ4n) is 3.85. The van der Waals surface area contributed by atoms with Crippen LogP contribution in [0.3, 0.4) is 0 Å². The number of rotatable bonds is 4. The van der Waals surface area contributed by atoms with Gasteiger partial charge in [-0.3, -0.25) is 15.1 Å². The number of piperazine rings is 1. The molecular formula is C23H20N4O3. The van der Waals surface area contributed by atoms with Crippen LogP contribution in [0, 0.1) is 10.1 Å². The van der Waals surface area contributed by atoms with Gasteiger partial charge in [-0.1, -0.05) is 24.3 Å². The summed E-state index contributed by atoms with van der Waals surface area (Å²) in [6.45, 7) is 4.04. The first kappa shape index (κ1) is 18.3. The molecule has 7 nitrogen and oxygen atoms in total. The number of benzene rings is 2. The lowest BCUT2D eigenvalue weighted by Gasteiger charge is -2.29. The molecule has 3 heterocycles. The minimum absolute atomic E-state index is 0.0445. The predicted molar refractivity (Wildman–Crippen MR) is 117 cm³/mol. The molecule has 1 saturated heterocycles. The predicted octanol–water partition coefficient (Wildman–Crippen LogP) is 4.48. The van der Waals surface area contributed by atoms with Crippen LogP contribution in [0.25, 0.3) is 33.4 Å². The summed E-state index contributed by atoms with van der Waals surface area (Å²) >= 11 is 0. The van der Waals surface area contributed by atoms with Crippen LogP contribution in [0.4, 0.5) is 11.4 Å². The zero-order valence-electron chi connectivity index (χ0n) is 16.2. The molecule has 1 aliphatic rings. The Hall–Kier alpha value is -3.71. The SMILES string of the molecule is O=[N+]([O-])c1cccc(-c2coc3cc(-c4ccc(N5CCNCC5)cc4)cnc23)c1. The molecule has 0 unspecified atom stereocenters. The van der Waals surface area contributed by atoms with E-state index < -0.39 is 4.92 Å². The van der Waals surface area contributed by atoms with E-state index in [1.165, 1.54) is 17.8 Å². The number of fused-ring (bicyclic) bond motifs is 1. The van der Waals surface area contributed by atoms with E-state index >= 15 is 0 Å². The van der Waals surface area contributed by atoms with Crippen molar-refractivity contribution in [3.05, 3.63) is 77.2 Å². The first-order valence-electron chi connectivity index (χ1n) is 9.87. The van der Waals surface area contributed by atoms with E-state index in [1.807, 2.05) is 18.3 Å². The molecule has 2 aromatic heterocycles. The molecule has 0 saturated carbocycles. The summed E-state index contributed by atoms with van der Waals surface area (Å²) in [6, 6.07) is 16.9. The molecule has 30 heavy (non-hydrogen) atoms. The fourth-order valence-corrected chi connectivity index (χ4v) is 3.85. The molecular weight excluding hydrogens is 380 g/mol. The van der Waals surface area contributed by atoms with E-state index in [2.05, 4.69) is 39.5 Å². The molecule has 0 atom stereocenters. The van der Waals surface area contributed by atoms with Gasteiger partial charge in [0, 0.05) is 61.3 Å². The molecule has 1 N–H and O–H groups in total. The first-order valence-corrected chi connectivity index (χ1v) is 9.87. The third-order valence-electron chi connectivity index (χ3n) is 5.46. The molecule has 7 heteroatoms. The molecule has 0 bridgehead atoms. The standard InChI is InChI=1S/C23H20N4O3/c28-27(29)20-3-1-2-17(12-20)21-15-30-22-13-18(14-25-23(21)22)16-4-6-19(7-5-16)26-10-8-24-9-11-26/h1-7,12-15,24H,8-11H2. The van der Waals surface area contributed by atoms with E-state index in [0.717, 1.165) is 42.9 Å². The number of non-ortho nitro benzene ring substituents is 1. The zero-order chi connectivity index (χ0) is 20.5. The Balaban J connectivity index is 1.45. The highest BCUT2D eigenvalue weighted by Gasteiger charge is 2.15. The van der Waals surface area contributed by atoms with Crippen molar-refractivity contribution in [3.8, 4) is 22.3 Å². The lowest BCUT2D eigenvalue weighted by molar-refractivity contribution is -0.384. The smallest absolute Gasteiger partial charge is 0.270 e. The molecule has 1 fully saturated rings. The van der Waals surface area contributed by atoms with Crippen LogP contribution in [-0.2, 0) is 0 Å². The molecule has 0 radical (unpaired) electrons. The molecule has 2 aromatic carbocycles. The summed E-state index contributed by atoms with van der Waals surface area (Å²) in [7, 11) is 0. The van der Waals surface area contributed by atoms with Gasteiger partial charge in [-0.2, -0.15) is 0 Å². The van der Waals surface area contributed by atoms with Crippen LogP contribution in [-0.4, -0.2) is 36.1 Å². The monoisotopic (exact) mass is 400 g/mol. The van der Waals surface area contributed by atoms with E-state index in [0.29, 0.717) is 16.7 Å². The molecule has 150 valence electrons. The number of nitrogens with one attached hydrogen (secondary N) is 1. The van der Waals surface area contributed by atoms with Gasteiger partial charge in [-0.25, -0.2) is 0 Å². The van der Waals surface area contributed by atoms with E-state index in [9.17, 15) is 10.1 Å². The Morgan fingerprint density at radius 3 is 2.57 bits per heavy atom. The lowest BCUT2D eigenvalue weighted by Crippen LogP contribution is -2.43. The summed E-state index contributed by atoms with van der Waals surface area (Å²) in [6.07, 6.45) is 3.42. The first-order chi connectivity index (χ1) is 14.7. The van der Waals surface area contributed by atoms with Gasteiger partial charge in [-0.05, 0) is 29.3 Å². The molecule has 0 amide bonds. The van der Waals surface area contributed by atoms with Crippen molar-refractivity contribution >= 4 is 22.5 Å². The van der Waals surface area contributed by atoms with Crippen molar-refractivity contribution in [1.82, 2.24) is 10.3 Å². The van der Waals surface area contributed by atoms with Crippen molar-refractivity contribution in [2.24, 2.45) is 0 Å². The number of nitro benzene ring substituents is 1. The minimum atomic E-state index is -0.401. The van der Waals surface area contributed by atoms with Crippen LogP contribution < -0.4 is 10.2 Å². The van der Waals surface area contributed by atoms with Crippen molar-refractivity contribution < 1.29 is 9.34 Å². The zero-order valence-corrected chi connectivity index (χ0v) is 16.2. The second-order valence-corrected chi connectivity index (χ2v) is 7.31. The average Bonchev–Trinajstić information content (AvgIpc) is 3.23. The molecule has 0 aliphatic carbocycles. The molecule has 1 aliphatic heterocycles. The van der Waals surface area contributed by atoms with Crippen molar-refractivity contribution in [2.75, 3.05) is 31.1 Å². The van der Waals surface area contributed by atoms with Crippen LogP contribution in [0.5, 0.6) is 0 Å². The molecule has 0 spiro atoms. The summed E-state index contributed by atoms with van der Waals surface area (Å²) in [4.78, 5) is 17.6. The largest absolute Gasteiger partial charge is 0.462 e. The minimum Gasteiger partial charge on any atom is -0.462 e. The van der Waals surface area contributed by atoms with Gasteiger partial charge in [0.05, 0.1) is 4.92 Å². The number of furan rings is 1. The van der Waals surface area contributed by atoms with Gasteiger partial charge < -0.3 is 14.6 Å². The van der Waals surface area contributed by atoms with Crippen molar-refractivity contribution in [1.29, 1.82) is 0 Å². The van der Waals surface area contributed by atoms with E-state index in [-0.39, 0.29) is 5.69 Å². The summed E-state index contributed by atoms with van der Waals surface area (Å²) < 4.78 is 5.74. The normalized spacial score (nSPS) is 14.2. The second-order valence-electron chi connectivity index (χ2n) is 7.31. The van der Waals surface area contributed by atoms with Crippen molar-refractivity contribution in [2.45, 2.75) is 0 Å². The summed E-state index contributed by atoms with van der Waals surface area (Å²) in [5.74, 6) is 0. The van der Waals surface area contributed by atoms with Crippen LogP contribution in [0.2, 0.25) is 0 Å². The maximum atomic E-state index is 11.1. The Kier molecular flexibility index (Phi) is 4.65. The maximum absolute atomic E-state index is 11.1. The molecule has 5 rings (SSSR count). The van der Waals surface area contributed by atoms with Crippen LogP contribution in [0.1, 0.15) is 0 Å². The highest BCUT2D eigenvalue weighted by atomic mass is 16.6. The Morgan fingerprint density at radius 2 is 1.80 bits per heavy atom. The average molecular weight is 400 g/mol. The van der Waals surface area contributed by atoms with Gasteiger partial charge in [0.1, 0.15) is 11.8 Å². The van der Waals surface area contributed by atoms with Crippen LogP contribution >= 0.6 is 0 Å². The summed E-state index contributed by atoms with van der Waals surface area (Å²) in [5, 5.41) is 14.4. The van der Waals surface area contributed by atoms with Gasteiger partial charge in [0.15, 0.2) is 5.58 Å². The van der Waals surface area contributed by atoms with Gasteiger partial charge >= 0.3 is 0 Å². The topological polar surface area (TPSA) is 84.4 Å². The highest BCUT2D eigenvalue weighted by Crippen LogP contribution is 2.33. The number of pyridine rings is 1. The lowest BCUT2D eigenvalue weighted by atomic mass is 10.0. The summed E-state index contributed by atoms with van der Waals surface area (Å²) in [5.41, 5.74) is 6.10. The third-order valence-corrected chi connectivity index (χ3v) is 5.46. The van der Waals surface area contributed by atoms with Gasteiger partial charge in [0.25, 0.3) is 5.69 Å². The van der Waals surface area contributed by atoms with Gasteiger partial charge in [0.2, 0.25) is 0 Å². The van der Waals surface area contributed by atoms with Crippen LogP contribution in [0.15, 0.2) is 71.5 Å². The molecule has 4 aromatic rings. The quantitative estimate of drug-likeness (QED) is 0.402. The third kappa shape index (κ3) is 3.40. The fraction of sp³-hybridized carbons (Fsp3) is 0.174. The Labute approximate surface area is 173 Å². The number of hydrogen-bond acceptors (Lipinski definition) is 6. The van der Waals surface area contributed by atoms with E-state index in [4.69, 9.17) is 4.42 Å². The number of anilines is 1.